The van der Waals surface area contributed by atoms with Gasteiger partial charge in [-0.25, -0.2) is 0 Å². The lowest BCUT2D eigenvalue weighted by molar-refractivity contribution is -0.380. The first-order valence-electron chi connectivity index (χ1n) is 4.64. The summed E-state index contributed by atoms with van der Waals surface area (Å²) in [5.41, 5.74) is 0.817. The second kappa shape index (κ2) is 4.34. The van der Waals surface area contributed by atoms with Gasteiger partial charge in [0.2, 0.25) is 0 Å². The SMILES string of the molecule is Cc1cc(NC(=O)c2ccc([N+](=O)[O-])s2)n[nH]1. The van der Waals surface area contributed by atoms with Gasteiger partial charge < -0.3 is 5.32 Å². The molecule has 0 spiro atoms. The first-order chi connectivity index (χ1) is 8.06. The molecule has 17 heavy (non-hydrogen) atoms. The minimum atomic E-state index is -0.528. The van der Waals surface area contributed by atoms with Gasteiger partial charge in [0.15, 0.2) is 5.82 Å². The number of carbonyl (C=O) groups is 1. The Morgan fingerprint density at radius 2 is 2.35 bits per heavy atom. The molecule has 0 aromatic carbocycles. The van der Waals surface area contributed by atoms with Crippen LogP contribution in [0.25, 0.3) is 0 Å². The predicted octanol–water partition coefficient (Wildman–Crippen LogP) is 1.94. The summed E-state index contributed by atoms with van der Waals surface area (Å²) in [6, 6.07) is 4.38. The van der Waals surface area contributed by atoms with Crippen molar-refractivity contribution >= 4 is 28.1 Å². The van der Waals surface area contributed by atoms with Crippen LogP contribution in [-0.2, 0) is 0 Å². The van der Waals surface area contributed by atoms with Crippen molar-refractivity contribution in [3.8, 4) is 0 Å². The number of carbonyl (C=O) groups excluding carboxylic acids is 1. The lowest BCUT2D eigenvalue weighted by atomic mass is 10.4. The number of amides is 1. The molecule has 0 fully saturated rings. The number of H-pyrrole nitrogens is 1. The van der Waals surface area contributed by atoms with Crippen LogP contribution in [0.5, 0.6) is 0 Å². The highest BCUT2D eigenvalue weighted by Gasteiger charge is 2.15. The highest BCUT2D eigenvalue weighted by atomic mass is 32.1. The molecule has 88 valence electrons. The third-order valence-electron chi connectivity index (χ3n) is 1.94. The van der Waals surface area contributed by atoms with Crippen LogP contribution in [0.1, 0.15) is 15.4 Å². The number of nitrogens with zero attached hydrogens (tertiary/aromatic N) is 2. The van der Waals surface area contributed by atoms with Crippen molar-refractivity contribution in [1.82, 2.24) is 10.2 Å². The summed E-state index contributed by atoms with van der Waals surface area (Å²) < 4.78 is 0. The first-order valence-corrected chi connectivity index (χ1v) is 5.45. The van der Waals surface area contributed by atoms with E-state index in [0.29, 0.717) is 5.82 Å². The van der Waals surface area contributed by atoms with E-state index in [1.165, 1.54) is 12.1 Å². The summed E-state index contributed by atoms with van der Waals surface area (Å²) in [4.78, 5) is 21.9. The molecule has 1 amide bonds. The Hall–Kier alpha value is -2.22. The first kappa shape index (κ1) is 11.3. The smallest absolute Gasteiger partial charge is 0.304 e. The zero-order valence-electron chi connectivity index (χ0n) is 8.76. The van der Waals surface area contributed by atoms with Crippen molar-refractivity contribution in [2.75, 3.05) is 5.32 Å². The zero-order valence-corrected chi connectivity index (χ0v) is 9.58. The van der Waals surface area contributed by atoms with Gasteiger partial charge in [-0.1, -0.05) is 11.3 Å². The molecule has 0 radical (unpaired) electrons. The van der Waals surface area contributed by atoms with Crippen LogP contribution in [0, 0.1) is 17.0 Å². The van der Waals surface area contributed by atoms with Gasteiger partial charge >= 0.3 is 5.00 Å². The zero-order chi connectivity index (χ0) is 12.4. The van der Waals surface area contributed by atoms with E-state index in [1.54, 1.807) is 13.0 Å². The fraction of sp³-hybridized carbons (Fsp3) is 0.111. The summed E-state index contributed by atoms with van der Waals surface area (Å²) in [5, 5.41) is 19.5. The van der Waals surface area contributed by atoms with Crippen molar-refractivity contribution in [2.45, 2.75) is 6.92 Å². The van der Waals surface area contributed by atoms with E-state index in [4.69, 9.17) is 0 Å². The molecule has 8 heteroatoms. The van der Waals surface area contributed by atoms with Crippen molar-refractivity contribution in [3.05, 3.63) is 38.9 Å². The number of hydrogen-bond acceptors (Lipinski definition) is 5. The molecule has 2 rings (SSSR count). The summed E-state index contributed by atoms with van der Waals surface area (Å²) >= 11 is 0.826. The Morgan fingerprint density at radius 3 is 2.88 bits per heavy atom. The summed E-state index contributed by atoms with van der Waals surface area (Å²) in [6.07, 6.45) is 0. The number of anilines is 1. The third-order valence-corrected chi connectivity index (χ3v) is 2.98. The largest absolute Gasteiger partial charge is 0.324 e. The quantitative estimate of drug-likeness (QED) is 0.643. The van der Waals surface area contributed by atoms with Gasteiger partial charge in [-0.3, -0.25) is 20.0 Å². The van der Waals surface area contributed by atoms with Crippen LogP contribution in [0.2, 0.25) is 0 Å². The maximum Gasteiger partial charge on any atom is 0.324 e. The van der Waals surface area contributed by atoms with E-state index >= 15 is 0 Å². The maximum absolute atomic E-state index is 11.7. The summed E-state index contributed by atoms with van der Waals surface area (Å²) in [7, 11) is 0. The molecule has 0 saturated heterocycles. The molecular weight excluding hydrogens is 244 g/mol. The van der Waals surface area contributed by atoms with E-state index < -0.39 is 10.8 Å². The summed E-state index contributed by atoms with van der Waals surface area (Å²) in [6.45, 7) is 1.80. The summed E-state index contributed by atoms with van der Waals surface area (Å²) in [5.74, 6) is -0.0156. The lowest BCUT2D eigenvalue weighted by Crippen LogP contribution is -2.10. The molecule has 0 aliphatic heterocycles. The van der Waals surface area contributed by atoms with Crippen LogP contribution >= 0.6 is 11.3 Å². The molecule has 2 aromatic heterocycles. The Kier molecular flexibility index (Phi) is 2.88. The highest BCUT2D eigenvalue weighted by Crippen LogP contribution is 2.24. The number of aryl methyl sites for hydroxylation is 1. The van der Waals surface area contributed by atoms with Gasteiger partial charge in [0.1, 0.15) is 0 Å². The van der Waals surface area contributed by atoms with Gasteiger partial charge in [0.25, 0.3) is 5.91 Å². The van der Waals surface area contributed by atoms with E-state index in [9.17, 15) is 14.9 Å². The number of aromatic amines is 1. The molecule has 0 atom stereocenters. The fourth-order valence-corrected chi connectivity index (χ4v) is 1.92. The minimum Gasteiger partial charge on any atom is -0.304 e. The number of nitrogens with one attached hydrogen (secondary N) is 2. The van der Waals surface area contributed by atoms with Gasteiger partial charge in [0, 0.05) is 17.8 Å². The van der Waals surface area contributed by atoms with Gasteiger partial charge in [-0.15, -0.1) is 0 Å². The minimum absolute atomic E-state index is 0.0617. The molecule has 2 heterocycles. The molecule has 7 nitrogen and oxygen atoms in total. The van der Waals surface area contributed by atoms with Crippen molar-refractivity contribution in [2.24, 2.45) is 0 Å². The second-order valence-corrected chi connectivity index (χ2v) is 4.35. The Morgan fingerprint density at radius 1 is 1.59 bits per heavy atom. The highest BCUT2D eigenvalue weighted by molar-refractivity contribution is 7.17. The molecule has 0 unspecified atom stereocenters. The standard InChI is InChI=1S/C9H8N4O3S/c1-5-4-7(12-11-5)10-9(14)6-2-3-8(17-6)13(15)16/h2-4H,1H3,(H2,10,11,12,14). The molecular formula is C9H8N4O3S. The number of thiophene rings is 1. The lowest BCUT2D eigenvalue weighted by Gasteiger charge is -1.96. The molecule has 0 aliphatic rings. The maximum atomic E-state index is 11.7. The number of aromatic nitrogens is 2. The molecule has 2 N–H and O–H groups in total. The number of nitro groups is 1. The monoisotopic (exact) mass is 252 g/mol. The van der Waals surface area contributed by atoms with Crippen molar-refractivity contribution < 1.29 is 9.72 Å². The molecule has 0 bridgehead atoms. The van der Waals surface area contributed by atoms with Crippen LogP contribution < -0.4 is 5.32 Å². The Labute approximate surface area is 99.6 Å². The van der Waals surface area contributed by atoms with Crippen LogP contribution in [0.3, 0.4) is 0 Å². The van der Waals surface area contributed by atoms with Crippen LogP contribution in [0.4, 0.5) is 10.8 Å². The average molecular weight is 252 g/mol. The van der Waals surface area contributed by atoms with Crippen molar-refractivity contribution in [1.29, 1.82) is 0 Å². The van der Waals surface area contributed by atoms with E-state index in [1.807, 2.05) is 0 Å². The predicted molar refractivity (Wildman–Crippen MR) is 62.3 cm³/mol. The molecule has 0 saturated carbocycles. The van der Waals surface area contributed by atoms with Gasteiger partial charge in [0.05, 0.1) is 9.80 Å². The molecule has 2 aromatic rings. The second-order valence-electron chi connectivity index (χ2n) is 3.29. The van der Waals surface area contributed by atoms with Gasteiger partial charge in [-0.2, -0.15) is 5.10 Å². The Balaban J connectivity index is 2.11. The number of rotatable bonds is 3. The van der Waals surface area contributed by atoms with E-state index in [2.05, 4.69) is 15.5 Å². The molecule has 0 aliphatic carbocycles. The average Bonchev–Trinajstić information content (AvgIpc) is 2.86. The third kappa shape index (κ3) is 2.48. The number of hydrogen-bond donors (Lipinski definition) is 2. The van der Waals surface area contributed by atoms with E-state index in [-0.39, 0.29) is 9.88 Å². The van der Waals surface area contributed by atoms with Crippen molar-refractivity contribution in [3.63, 3.8) is 0 Å². The Bertz CT molecular complexity index is 574. The van der Waals surface area contributed by atoms with Crippen LogP contribution in [0.15, 0.2) is 18.2 Å². The van der Waals surface area contributed by atoms with Crippen LogP contribution in [-0.4, -0.2) is 21.0 Å². The van der Waals surface area contributed by atoms with E-state index in [0.717, 1.165) is 17.0 Å². The fourth-order valence-electron chi connectivity index (χ4n) is 1.21. The normalized spacial score (nSPS) is 10.2. The topological polar surface area (TPSA) is 101 Å². The van der Waals surface area contributed by atoms with Gasteiger partial charge in [-0.05, 0) is 13.0 Å².